The molecule has 1 atom stereocenters. The number of hydrogen-bond acceptors (Lipinski definition) is 7. The van der Waals surface area contributed by atoms with Gasteiger partial charge in [0.15, 0.2) is 21.4 Å². The van der Waals surface area contributed by atoms with Crippen LogP contribution in [0, 0.1) is 11.3 Å². The van der Waals surface area contributed by atoms with Crippen LogP contribution in [0.5, 0.6) is 0 Å². The molecule has 0 aromatic heterocycles. The van der Waals surface area contributed by atoms with Gasteiger partial charge in [0.05, 0.1) is 39.4 Å². The molecule has 0 saturated carbocycles. The smallest absolute Gasteiger partial charge is 0.416 e. The molecule has 2 aliphatic rings. The van der Waals surface area contributed by atoms with Gasteiger partial charge in [-0.2, -0.15) is 18.4 Å². The number of carboxylic acid groups (broad SMARTS) is 1. The molecule has 212 valence electrons. The van der Waals surface area contributed by atoms with Gasteiger partial charge < -0.3 is 10.4 Å². The van der Waals surface area contributed by atoms with Crippen LogP contribution in [-0.2, 0) is 30.4 Å². The maximum atomic E-state index is 13.1. The molecule has 0 unspecified atom stereocenters. The van der Waals surface area contributed by atoms with Gasteiger partial charge in [-0.15, -0.1) is 0 Å². The van der Waals surface area contributed by atoms with E-state index in [1.54, 1.807) is 6.07 Å². The Kier molecular flexibility index (Phi) is 8.64. The highest BCUT2D eigenvalue weighted by atomic mass is 32.2. The monoisotopic (exact) mass is 587 g/mol. The van der Waals surface area contributed by atoms with E-state index in [0.717, 1.165) is 29.4 Å². The predicted octanol–water partition coefficient (Wildman–Crippen LogP) is 3.86. The Balaban J connectivity index is 0.000000496. The number of nitrogens with zero attached hydrogens (tertiary/aromatic N) is 2. The summed E-state index contributed by atoms with van der Waals surface area (Å²) in [5.41, 5.74) is -1.98. The average molecular weight is 588 g/mol. The molecule has 14 heteroatoms. The minimum Gasteiger partial charge on any atom is -0.478 e. The molecular formula is C27H20F3N3O7S. The second-order valence-electron chi connectivity index (χ2n) is 8.68. The fourth-order valence-electron chi connectivity index (χ4n) is 3.99. The maximum Gasteiger partial charge on any atom is 0.416 e. The van der Waals surface area contributed by atoms with Crippen LogP contribution in [0.4, 0.5) is 23.7 Å². The van der Waals surface area contributed by atoms with Crippen molar-refractivity contribution >= 4 is 39.1 Å². The molecule has 10 nitrogen and oxygen atoms in total. The lowest BCUT2D eigenvalue weighted by Gasteiger charge is -2.35. The van der Waals surface area contributed by atoms with Crippen LogP contribution < -0.4 is 10.2 Å². The number of sulfone groups is 1. The largest absolute Gasteiger partial charge is 0.478 e. The molecule has 4 rings (SSSR count). The van der Waals surface area contributed by atoms with Crippen LogP contribution in [0.1, 0.15) is 29.7 Å². The number of aliphatic carboxylic acids is 1. The van der Waals surface area contributed by atoms with E-state index in [4.69, 9.17) is 5.26 Å². The molecule has 2 amide bonds. The third-order valence-electron chi connectivity index (χ3n) is 5.82. The number of rotatable bonds is 4. The molecule has 1 heterocycles. The number of nitriles is 1. The third-order valence-corrected chi connectivity index (χ3v) is 6.98. The summed E-state index contributed by atoms with van der Waals surface area (Å²) in [6.45, 7) is 1.24. The molecular weight excluding hydrogens is 567 g/mol. The molecule has 2 aromatic rings. The van der Waals surface area contributed by atoms with Gasteiger partial charge >= 0.3 is 18.2 Å². The van der Waals surface area contributed by atoms with Gasteiger partial charge in [0.2, 0.25) is 0 Å². The summed E-state index contributed by atoms with van der Waals surface area (Å²) in [6.07, 6.45) is 1.18. The first kappa shape index (κ1) is 30.5. The van der Waals surface area contributed by atoms with Crippen molar-refractivity contribution in [1.29, 1.82) is 5.26 Å². The van der Waals surface area contributed by atoms with Crippen LogP contribution in [-0.4, -0.2) is 43.3 Å². The highest BCUT2D eigenvalue weighted by molar-refractivity contribution is 7.90. The lowest BCUT2D eigenvalue weighted by molar-refractivity contribution is -0.137. The molecule has 0 fully saturated rings. The van der Waals surface area contributed by atoms with Gasteiger partial charge in [0, 0.05) is 12.0 Å². The van der Waals surface area contributed by atoms with Crippen LogP contribution in [0.15, 0.2) is 82.9 Å². The van der Waals surface area contributed by atoms with Gasteiger partial charge in [-0.25, -0.2) is 18.0 Å². The van der Waals surface area contributed by atoms with Crippen molar-refractivity contribution < 1.29 is 45.9 Å². The summed E-state index contributed by atoms with van der Waals surface area (Å²) >= 11 is 0. The van der Waals surface area contributed by atoms with Crippen LogP contribution in [0.3, 0.4) is 0 Å². The Morgan fingerprint density at radius 1 is 1.02 bits per heavy atom. The standard InChI is InChI=1S/C21H16F3N3O5S.C6H4O2/c1-11-17(19(28)29)18(15-7-6-12(10-25)8-16(15)33(2,31)32)26-20(30)27(11)14-5-3-4-13(9-14)21(22,23)24;7-5-1-2-6(8)4-3-5/h3-9,18H,1-2H3,(H,26,30)(H,28,29);1-4H/t18-;/m1./s1. The third kappa shape index (κ3) is 6.95. The second-order valence-corrected chi connectivity index (χ2v) is 10.7. The van der Waals surface area contributed by atoms with E-state index in [9.17, 15) is 45.9 Å². The van der Waals surface area contributed by atoms with Gasteiger partial charge in [-0.3, -0.25) is 14.5 Å². The fourth-order valence-corrected chi connectivity index (χ4v) is 4.94. The van der Waals surface area contributed by atoms with E-state index in [0.29, 0.717) is 6.07 Å². The number of halogens is 3. The number of urea groups is 1. The number of hydrogen-bond donors (Lipinski definition) is 2. The number of nitrogens with one attached hydrogen (secondary N) is 1. The zero-order chi connectivity index (χ0) is 30.7. The average Bonchev–Trinajstić information content (AvgIpc) is 2.89. The minimum absolute atomic E-state index is 0.00415. The first-order valence-electron chi connectivity index (χ1n) is 11.4. The fraction of sp³-hybridized carbons (Fsp3) is 0.148. The normalized spacial score (nSPS) is 17.0. The van der Waals surface area contributed by atoms with E-state index in [2.05, 4.69) is 5.32 Å². The predicted molar refractivity (Wildman–Crippen MR) is 138 cm³/mol. The van der Waals surface area contributed by atoms with Crippen molar-refractivity contribution in [3.63, 3.8) is 0 Å². The van der Waals surface area contributed by atoms with Crippen LogP contribution in [0.2, 0.25) is 0 Å². The number of benzene rings is 2. The molecule has 1 aliphatic heterocycles. The number of allylic oxidation sites excluding steroid dienone is 5. The molecule has 2 N–H and O–H groups in total. The van der Waals surface area contributed by atoms with Crippen molar-refractivity contribution in [2.24, 2.45) is 0 Å². The van der Waals surface area contributed by atoms with Gasteiger partial charge in [0.25, 0.3) is 0 Å². The topological polar surface area (TPSA) is 162 Å². The Bertz CT molecular complexity index is 1660. The van der Waals surface area contributed by atoms with E-state index < -0.39 is 45.2 Å². The molecule has 0 bridgehead atoms. The minimum atomic E-state index is -4.69. The zero-order valence-corrected chi connectivity index (χ0v) is 22.1. The number of anilines is 1. The van der Waals surface area contributed by atoms with Gasteiger partial charge in [-0.1, -0.05) is 12.1 Å². The maximum absolute atomic E-state index is 13.1. The van der Waals surface area contributed by atoms with Gasteiger partial charge in [-0.05, 0) is 67.1 Å². The first-order chi connectivity index (χ1) is 19.0. The van der Waals surface area contributed by atoms with Crippen molar-refractivity contribution in [3.8, 4) is 6.07 Å². The first-order valence-corrected chi connectivity index (χ1v) is 13.3. The second kappa shape index (κ2) is 11.6. The summed E-state index contributed by atoms with van der Waals surface area (Å²) in [6, 6.07) is 6.74. The number of amides is 2. The Morgan fingerprint density at radius 2 is 1.61 bits per heavy atom. The number of alkyl halides is 3. The summed E-state index contributed by atoms with van der Waals surface area (Å²) in [4.78, 5) is 46.0. The van der Waals surface area contributed by atoms with Crippen molar-refractivity contribution in [2.75, 3.05) is 11.2 Å². The lowest BCUT2D eigenvalue weighted by Crippen LogP contribution is -2.48. The highest BCUT2D eigenvalue weighted by Crippen LogP contribution is 2.38. The van der Waals surface area contributed by atoms with E-state index in [-0.39, 0.29) is 39.0 Å². The quantitative estimate of drug-likeness (QED) is 0.510. The highest BCUT2D eigenvalue weighted by Gasteiger charge is 2.39. The SMILES string of the molecule is CC1=C(C(=O)O)[C@@H](c2ccc(C#N)cc2S(C)(=O)=O)NC(=O)N1c1cccc(C(F)(F)F)c1.O=C1C=CC(=O)C=C1. The Hall–Kier alpha value is -5.03. The summed E-state index contributed by atoms with van der Waals surface area (Å²) < 4.78 is 64.0. The molecule has 41 heavy (non-hydrogen) atoms. The number of carbonyl (C=O) groups excluding carboxylic acids is 3. The number of carboxylic acids is 1. The lowest BCUT2D eigenvalue weighted by atomic mass is 9.94. The van der Waals surface area contributed by atoms with Crippen molar-refractivity contribution in [3.05, 3.63) is 94.7 Å². The molecule has 0 saturated heterocycles. The molecule has 2 aromatic carbocycles. The van der Waals surface area contributed by atoms with Crippen molar-refractivity contribution in [1.82, 2.24) is 5.32 Å². The number of carbonyl (C=O) groups is 4. The zero-order valence-electron chi connectivity index (χ0n) is 21.3. The van der Waals surface area contributed by atoms with Gasteiger partial charge in [0.1, 0.15) is 0 Å². The van der Waals surface area contributed by atoms with Crippen molar-refractivity contribution in [2.45, 2.75) is 24.0 Å². The van der Waals surface area contributed by atoms with E-state index >= 15 is 0 Å². The van der Waals surface area contributed by atoms with Crippen LogP contribution >= 0.6 is 0 Å². The summed E-state index contributed by atoms with van der Waals surface area (Å²) in [5.74, 6) is -1.76. The van der Waals surface area contributed by atoms with Crippen LogP contribution in [0.25, 0.3) is 0 Å². The molecule has 0 spiro atoms. The Morgan fingerprint density at radius 3 is 2.10 bits per heavy atom. The molecule has 0 radical (unpaired) electrons. The summed E-state index contributed by atoms with van der Waals surface area (Å²) in [7, 11) is -3.94. The molecule has 1 aliphatic carbocycles. The summed E-state index contributed by atoms with van der Waals surface area (Å²) in [5, 5.41) is 21.3. The number of ketones is 2. The van der Waals surface area contributed by atoms with E-state index in [1.165, 1.54) is 49.4 Å². The van der Waals surface area contributed by atoms with E-state index in [1.807, 2.05) is 0 Å². The Labute approximate surface area is 231 Å².